The number of rotatable bonds is 4. The second-order valence-corrected chi connectivity index (χ2v) is 8.32. The molecular formula is C21H29N3O3. The fourth-order valence-corrected chi connectivity index (χ4v) is 3.88. The fourth-order valence-electron chi connectivity index (χ4n) is 3.88. The minimum absolute atomic E-state index is 0.111. The van der Waals surface area contributed by atoms with E-state index in [4.69, 9.17) is 4.74 Å². The van der Waals surface area contributed by atoms with Crippen molar-refractivity contribution in [3.05, 3.63) is 29.5 Å². The van der Waals surface area contributed by atoms with Gasteiger partial charge in [0.15, 0.2) is 0 Å². The molecule has 6 heteroatoms. The molecule has 2 heterocycles. The van der Waals surface area contributed by atoms with Crippen LogP contribution in [-0.2, 0) is 9.53 Å². The highest BCUT2D eigenvalue weighted by atomic mass is 16.5. The van der Waals surface area contributed by atoms with Crippen molar-refractivity contribution in [2.75, 3.05) is 25.5 Å². The van der Waals surface area contributed by atoms with Crippen LogP contribution in [0.5, 0.6) is 0 Å². The van der Waals surface area contributed by atoms with Crippen LogP contribution < -0.4 is 5.32 Å². The molecule has 0 unspecified atom stereocenters. The number of nitrogens with one attached hydrogen (secondary N) is 2. The number of benzene rings is 1. The van der Waals surface area contributed by atoms with Gasteiger partial charge in [-0.2, -0.15) is 0 Å². The van der Waals surface area contributed by atoms with Crippen LogP contribution in [0.4, 0.5) is 5.69 Å². The number of esters is 1. The number of hydrogen-bond donors (Lipinski definition) is 2. The predicted octanol–water partition coefficient (Wildman–Crippen LogP) is 3.71. The Morgan fingerprint density at radius 2 is 2.07 bits per heavy atom. The van der Waals surface area contributed by atoms with Gasteiger partial charge in [0.25, 0.3) is 0 Å². The van der Waals surface area contributed by atoms with E-state index < -0.39 is 5.97 Å². The highest BCUT2D eigenvalue weighted by molar-refractivity contribution is 6.11. The van der Waals surface area contributed by atoms with Crippen LogP contribution in [-0.4, -0.2) is 48.0 Å². The van der Waals surface area contributed by atoms with Crippen LogP contribution in [0.2, 0.25) is 0 Å². The number of piperidine rings is 1. The lowest BCUT2D eigenvalue weighted by atomic mass is 9.83. The van der Waals surface area contributed by atoms with Gasteiger partial charge < -0.3 is 15.0 Å². The third-order valence-electron chi connectivity index (χ3n) is 5.45. The zero-order valence-corrected chi connectivity index (χ0v) is 16.8. The number of aromatic nitrogens is 1. The largest absolute Gasteiger partial charge is 0.464 e. The van der Waals surface area contributed by atoms with Gasteiger partial charge in [0.2, 0.25) is 5.91 Å². The second-order valence-electron chi connectivity index (χ2n) is 8.32. The first-order chi connectivity index (χ1) is 12.7. The summed E-state index contributed by atoms with van der Waals surface area (Å²) < 4.78 is 4.89. The van der Waals surface area contributed by atoms with Crippen LogP contribution in [0.1, 0.15) is 49.7 Å². The maximum atomic E-state index is 13.0. The molecule has 0 saturated carbocycles. The number of anilines is 1. The first-order valence-corrected chi connectivity index (χ1v) is 9.47. The Labute approximate surface area is 160 Å². The monoisotopic (exact) mass is 371 g/mol. The van der Waals surface area contributed by atoms with Crippen molar-refractivity contribution in [1.82, 2.24) is 9.88 Å². The van der Waals surface area contributed by atoms with Crippen LogP contribution in [0.25, 0.3) is 10.9 Å². The maximum absolute atomic E-state index is 13.0. The number of H-pyrrole nitrogens is 1. The highest BCUT2D eigenvalue weighted by Crippen LogP contribution is 2.31. The lowest BCUT2D eigenvalue weighted by Gasteiger charge is -2.40. The third kappa shape index (κ3) is 4.00. The molecule has 3 rings (SSSR count). The van der Waals surface area contributed by atoms with Gasteiger partial charge in [-0.25, -0.2) is 4.79 Å². The van der Waals surface area contributed by atoms with Crippen molar-refractivity contribution < 1.29 is 14.3 Å². The summed E-state index contributed by atoms with van der Waals surface area (Å²) in [5, 5.41) is 3.80. The Morgan fingerprint density at radius 1 is 1.33 bits per heavy atom. The van der Waals surface area contributed by atoms with E-state index in [-0.39, 0.29) is 23.1 Å². The number of aromatic amines is 1. The molecule has 6 nitrogen and oxygen atoms in total. The smallest absolute Gasteiger partial charge is 0.356 e. The molecule has 0 radical (unpaired) electrons. The number of aryl methyl sites for hydroxylation is 1. The molecule has 1 fully saturated rings. The van der Waals surface area contributed by atoms with E-state index >= 15 is 0 Å². The summed E-state index contributed by atoms with van der Waals surface area (Å²) in [5.41, 5.74) is 2.83. The summed E-state index contributed by atoms with van der Waals surface area (Å²) in [5.74, 6) is -0.605. The van der Waals surface area contributed by atoms with Crippen LogP contribution in [0.15, 0.2) is 18.2 Å². The minimum Gasteiger partial charge on any atom is -0.464 e. The maximum Gasteiger partial charge on any atom is 0.356 e. The van der Waals surface area contributed by atoms with Crippen LogP contribution in [0.3, 0.4) is 0 Å². The molecule has 1 amide bonds. The summed E-state index contributed by atoms with van der Waals surface area (Å²) in [6.07, 6.45) is 2.26. The van der Waals surface area contributed by atoms with Crippen molar-refractivity contribution in [2.45, 2.75) is 46.6 Å². The number of carbonyl (C=O) groups excluding carboxylic acids is 2. The molecule has 2 N–H and O–H groups in total. The Hall–Kier alpha value is -2.34. The van der Waals surface area contributed by atoms with E-state index in [1.165, 1.54) is 13.5 Å². The van der Waals surface area contributed by atoms with Crippen molar-refractivity contribution in [1.29, 1.82) is 0 Å². The molecule has 1 atom stereocenters. The lowest BCUT2D eigenvalue weighted by molar-refractivity contribution is -0.121. The minimum atomic E-state index is -0.495. The number of fused-ring (bicyclic) bond motifs is 1. The molecule has 1 aliphatic rings. The Bertz CT molecular complexity index is 869. The molecule has 1 aromatic heterocycles. The normalized spacial score (nSPS) is 18.3. The molecular weight excluding hydrogens is 342 g/mol. The van der Waals surface area contributed by atoms with E-state index in [0.29, 0.717) is 5.69 Å². The van der Waals surface area contributed by atoms with E-state index in [1.54, 1.807) is 0 Å². The number of hydrogen-bond acceptors (Lipinski definition) is 4. The lowest BCUT2D eigenvalue weighted by Crippen LogP contribution is -2.49. The van der Waals surface area contributed by atoms with Gasteiger partial charge in [-0.1, -0.05) is 25.5 Å². The predicted molar refractivity (Wildman–Crippen MR) is 107 cm³/mol. The number of likely N-dealkylation sites (tertiary alicyclic amines) is 1. The third-order valence-corrected chi connectivity index (χ3v) is 5.45. The fraction of sp³-hybridized carbons (Fsp3) is 0.524. The van der Waals surface area contributed by atoms with Crippen molar-refractivity contribution >= 4 is 28.5 Å². The van der Waals surface area contributed by atoms with Crippen LogP contribution >= 0.6 is 0 Å². The molecule has 2 aromatic rings. The molecule has 0 bridgehead atoms. The summed E-state index contributed by atoms with van der Waals surface area (Å²) in [6, 6.07) is 5.56. The molecule has 27 heavy (non-hydrogen) atoms. The van der Waals surface area contributed by atoms with E-state index in [1.807, 2.05) is 32.0 Å². The summed E-state index contributed by atoms with van der Waals surface area (Å²) in [4.78, 5) is 30.5. The number of carbonyl (C=O) groups is 2. The summed E-state index contributed by atoms with van der Waals surface area (Å²) in [7, 11) is 1.34. The topological polar surface area (TPSA) is 74.4 Å². The Balaban J connectivity index is 1.89. The van der Waals surface area contributed by atoms with Crippen molar-refractivity contribution in [2.24, 2.45) is 5.41 Å². The van der Waals surface area contributed by atoms with Gasteiger partial charge in [-0.3, -0.25) is 9.69 Å². The summed E-state index contributed by atoms with van der Waals surface area (Å²) in [6.45, 7) is 10.2. The van der Waals surface area contributed by atoms with E-state index in [0.717, 1.165) is 36.0 Å². The van der Waals surface area contributed by atoms with Gasteiger partial charge in [0, 0.05) is 17.4 Å². The molecule has 0 spiro atoms. The van der Waals surface area contributed by atoms with Gasteiger partial charge in [0.05, 0.1) is 18.8 Å². The average Bonchev–Trinajstić information content (AvgIpc) is 2.97. The molecule has 1 saturated heterocycles. The quantitative estimate of drug-likeness (QED) is 0.804. The number of methoxy groups -OCH3 is 1. The molecule has 1 aliphatic heterocycles. The van der Waals surface area contributed by atoms with E-state index in [9.17, 15) is 9.59 Å². The average molecular weight is 371 g/mol. The zero-order chi connectivity index (χ0) is 19.8. The Morgan fingerprint density at radius 3 is 2.74 bits per heavy atom. The first kappa shape index (κ1) is 19.4. The SMILES string of the molecule is COC(=O)c1[nH]c2ccc(C)cc2c1NC(=O)[C@H](C)N1CCCC(C)(C)C1. The van der Waals surface area contributed by atoms with Crippen molar-refractivity contribution in [3.63, 3.8) is 0 Å². The Kier molecular flexibility index (Phi) is 5.29. The standard InChI is InChI=1S/C21H29N3O3/c1-13-7-8-16-15(11-13)17(18(22-16)20(26)27-5)23-19(25)14(2)24-10-6-9-21(3,4)12-24/h7-8,11,14,22H,6,9-10,12H2,1-5H3,(H,23,25)/t14-/m0/s1. The number of amides is 1. The number of nitrogens with zero attached hydrogens (tertiary/aromatic N) is 1. The number of ether oxygens (including phenoxy) is 1. The summed E-state index contributed by atoms with van der Waals surface area (Å²) >= 11 is 0. The van der Waals surface area contributed by atoms with Gasteiger partial charge in [-0.15, -0.1) is 0 Å². The van der Waals surface area contributed by atoms with Gasteiger partial charge in [0.1, 0.15) is 5.69 Å². The van der Waals surface area contributed by atoms with E-state index in [2.05, 4.69) is 29.0 Å². The molecule has 146 valence electrons. The first-order valence-electron chi connectivity index (χ1n) is 9.47. The van der Waals surface area contributed by atoms with Crippen LogP contribution in [0, 0.1) is 12.3 Å². The van der Waals surface area contributed by atoms with Gasteiger partial charge >= 0.3 is 5.97 Å². The molecule has 1 aromatic carbocycles. The highest BCUT2D eigenvalue weighted by Gasteiger charge is 2.32. The molecule has 0 aliphatic carbocycles. The zero-order valence-electron chi connectivity index (χ0n) is 16.8. The second kappa shape index (κ2) is 7.35. The van der Waals surface area contributed by atoms with Crippen molar-refractivity contribution in [3.8, 4) is 0 Å². The van der Waals surface area contributed by atoms with Gasteiger partial charge in [-0.05, 0) is 50.8 Å².